The fraction of sp³-hybridized carbons (Fsp3) is 0.619. The van der Waals surface area contributed by atoms with Crippen molar-refractivity contribution in [3.05, 3.63) is 47.8 Å². The second-order valence-electron chi connectivity index (χ2n) is 8.05. The molecule has 2 aromatic heterocycles. The van der Waals surface area contributed by atoms with Crippen molar-refractivity contribution in [2.75, 3.05) is 39.9 Å². The van der Waals surface area contributed by atoms with Gasteiger partial charge >= 0.3 is 0 Å². The summed E-state index contributed by atoms with van der Waals surface area (Å²) in [6.45, 7) is 9.21. The van der Waals surface area contributed by atoms with Crippen molar-refractivity contribution in [1.29, 1.82) is 0 Å². The van der Waals surface area contributed by atoms with Gasteiger partial charge in [0.2, 0.25) is 0 Å². The number of hydrogen-bond donors (Lipinski definition) is 0. The number of nitrogens with zero attached hydrogens (tertiary/aromatic N) is 2. The van der Waals surface area contributed by atoms with Gasteiger partial charge < -0.3 is 13.6 Å². The van der Waals surface area contributed by atoms with E-state index in [1.165, 1.54) is 12.8 Å². The van der Waals surface area contributed by atoms with E-state index in [0.717, 1.165) is 63.2 Å². The summed E-state index contributed by atoms with van der Waals surface area (Å²) in [5.74, 6) is 3.75. The number of methoxy groups -OCH3 is 1. The molecule has 2 aliphatic heterocycles. The molecule has 0 aliphatic carbocycles. The fourth-order valence-electron chi connectivity index (χ4n) is 4.83. The topological polar surface area (TPSA) is 42.0 Å². The largest absolute Gasteiger partial charge is 0.468 e. The predicted molar refractivity (Wildman–Crippen MR) is 99.7 cm³/mol. The highest BCUT2D eigenvalue weighted by Gasteiger charge is 2.47. The zero-order valence-electron chi connectivity index (χ0n) is 15.9. The van der Waals surface area contributed by atoms with Crippen molar-refractivity contribution in [1.82, 2.24) is 9.80 Å². The molecule has 4 rings (SSSR count). The number of ether oxygens (including phenoxy) is 1. The second kappa shape index (κ2) is 7.59. The smallest absolute Gasteiger partial charge is 0.118 e. The van der Waals surface area contributed by atoms with Crippen LogP contribution in [0.15, 0.2) is 39.4 Å². The van der Waals surface area contributed by atoms with E-state index in [9.17, 15) is 0 Å². The van der Waals surface area contributed by atoms with Gasteiger partial charge in [0.05, 0.1) is 26.0 Å². The monoisotopic (exact) mass is 358 g/mol. The molecule has 0 unspecified atom stereocenters. The molecule has 2 aliphatic rings. The molecule has 1 spiro atoms. The first-order valence-corrected chi connectivity index (χ1v) is 9.68. The zero-order valence-corrected chi connectivity index (χ0v) is 15.9. The van der Waals surface area contributed by atoms with Crippen molar-refractivity contribution in [2.45, 2.75) is 32.9 Å². The molecule has 4 heterocycles. The van der Waals surface area contributed by atoms with Crippen molar-refractivity contribution >= 4 is 0 Å². The minimum atomic E-state index is 0.373. The van der Waals surface area contributed by atoms with Crippen LogP contribution < -0.4 is 0 Å². The summed E-state index contributed by atoms with van der Waals surface area (Å²) in [4.78, 5) is 5.08. The molecule has 2 aromatic rings. The highest BCUT2D eigenvalue weighted by atomic mass is 16.5. The minimum Gasteiger partial charge on any atom is -0.468 e. The van der Waals surface area contributed by atoms with Crippen molar-refractivity contribution < 1.29 is 13.6 Å². The summed E-state index contributed by atoms with van der Waals surface area (Å²) < 4.78 is 16.9. The highest BCUT2D eigenvalue weighted by molar-refractivity contribution is 5.07. The van der Waals surface area contributed by atoms with Crippen LogP contribution in [0, 0.1) is 18.3 Å². The van der Waals surface area contributed by atoms with Gasteiger partial charge in [0, 0.05) is 26.1 Å². The number of furan rings is 2. The van der Waals surface area contributed by atoms with Crippen LogP contribution in [0.3, 0.4) is 0 Å². The maximum atomic E-state index is 5.76. The summed E-state index contributed by atoms with van der Waals surface area (Å²) in [5, 5.41) is 0. The Labute approximate surface area is 155 Å². The van der Waals surface area contributed by atoms with Crippen LogP contribution in [0.1, 0.15) is 30.1 Å². The van der Waals surface area contributed by atoms with E-state index < -0.39 is 0 Å². The highest BCUT2D eigenvalue weighted by Crippen LogP contribution is 2.45. The summed E-state index contributed by atoms with van der Waals surface area (Å²) in [5.41, 5.74) is 0.373. The quantitative estimate of drug-likeness (QED) is 0.790. The molecule has 0 radical (unpaired) electrons. The van der Waals surface area contributed by atoms with Gasteiger partial charge in [0.25, 0.3) is 0 Å². The summed E-state index contributed by atoms with van der Waals surface area (Å²) in [7, 11) is 1.83. The maximum Gasteiger partial charge on any atom is 0.118 e. The normalized spacial score (nSPS) is 23.8. The summed E-state index contributed by atoms with van der Waals surface area (Å²) in [6, 6.07) is 8.21. The average Bonchev–Trinajstić information content (AvgIpc) is 3.34. The van der Waals surface area contributed by atoms with Crippen LogP contribution in [-0.4, -0.2) is 49.7 Å². The summed E-state index contributed by atoms with van der Waals surface area (Å²) in [6.07, 6.45) is 4.23. The maximum absolute atomic E-state index is 5.76. The number of rotatable bonds is 6. The second-order valence-corrected chi connectivity index (χ2v) is 8.05. The molecule has 0 N–H and O–H groups in total. The van der Waals surface area contributed by atoms with E-state index >= 15 is 0 Å². The molecule has 0 amide bonds. The average molecular weight is 358 g/mol. The third-order valence-electron chi connectivity index (χ3n) is 6.24. The first-order chi connectivity index (χ1) is 12.7. The Bertz CT molecular complexity index is 686. The molecule has 142 valence electrons. The van der Waals surface area contributed by atoms with E-state index in [0.29, 0.717) is 11.3 Å². The van der Waals surface area contributed by atoms with Crippen LogP contribution in [0.2, 0.25) is 0 Å². The van der Waals surface area contributed by atoms with Gasteiger partial charge in [-0.2, -0.15) is 0 Å². The lowest BCUT2D eigenvalue weighted by Gasteiger charge is -2.42. The molecule has 2 fully saturated rings. The lowest BCUT2D eigenvalue weighted by atomic mass is 9.71. The first kappa shape index (κ1) is 17.8. The molecule has 0 bridgehead atoms. The molecular formula is C21H30N2O3. The third kappa shape index (κ3) is 3.75. The Morgan fingerprint density at radius 1 is 1.12 bits per heavy atom. The van der Waals surface area contributed by atoms with Crippen molar-refractivity contribution in [2.24, 2.45) is 11.3 Å². The molecule has 5 nitrogen and oxygen atoms in total. The van der Waals surface area contributed by atoms with Gasteiger partial charge in [-0.3, -0.25) is 9.80 Å². The molecular weight excluding hydrogens is 328 g/mol. The van der Waals surface area contributed by atoms with Crippen molar-refractivity contribution in [3.63, 3.8) is 0 Å². The van der Waals surface area contributed by atoms with Crippen LogP contribution in [-0.2, 0) is 17.8 Å². The van der Waals surface area contributed by atoms with Gasteiger partial charge in [-0.05, 0) is 62.5 Å². The van der Waals surface area contributed by atoms with Crippen molar-refractivity contribution in [3.8, 4) is 0 Å². The lowest BCUT2D eigenvalue weighted by molar-refractivity contribution is 0.0330. The van der Waals surface area contributed by atoms with E-state index in [-0.39, 0.29) is 0 Å². The van der Waals surface area contributed by atoms with Crippen LogP contribution in [0.25, 0.3) is 0 Å². The molecule has 1 atom stereocenters. The van der Waals surface area contributed by atoms with E-state index in [1.807, 2.05) is 20.1 Å². The number of likely N-dealkylation sites (tertiary alicyclic amines) is 2. The number of hydrogen-bond acceptors (Lipinski definition) is 5. The van der Waals surface area contributed by atoms with E-state index in [1.54, 1.807) is 6.26 Å². The van der Waals surface area contributed by atoms with E-state index in [4.69, 9.17) is 13.6 Å². The van der Waals surface area contributed by atoms with Gasteiger partial charge in [-0.1, -0.05) is 0 Å². The fourth-order valence-corrected chi connectivity index (χ4v) is 4.83. The van der Waals surface area contributed by atoms with Gasteiger partial charge in [0.15, 0.2) is 0 Å². The Morgan fingerprint density at radius 2 is 1.92 bits per heavy atom. The first-order valence-electron chi connectivity index (χ1n) is 9.68. The molecule has 0 saturated carbocycles. The Morgan fingerprint density at radius 3 is 2.58 bits per heavy atom. The molecule has 5 heteroatoms. The van der Waals surface area contributed by atoms with Gasteiger partial charge in [0.1, 0.15) is 17.3 Å². The third-order valence-corrected chi connectivity index (χ3v) is 6.24. The standard InChI is InChI=1S/C21H30N2O3/c1-17-5-6-20(26-17)14-22-9-7-21(8-10-22)16-23(12-18(21)15-24-2)13-19-4-3-11-25-19/h3-6,11,18H,7-10,12-16H2,1-2H3/t18-/m1/s1. The van der Waals surface area contributed by atoms with Crippen LogP contribution >= 0.6 is 0 Å². The molecule has 2 saturated heterocycles. The van der Waals surface area contributed by atoms with Gasteiger partial charge in [-0.15, -0.1) is 0 Å². The van der Waals surface area contributed by atoms with Gasteiger partial charge in [-0.25, -0.2) is 0 Å². The lowest BCUT2D eigenvalue weighted by Crippen LogP contribution is -2.44. The molecule has 0 aromatic carbocycles. The Hall–Kier alpha value is -1.56. The van der Waals surface area contributed by atoms with Crippen LogP contribution in [0.4, 0.5) is 0 Å². The number of aryl methyl sites for hydroxylation is 1. The Balaban J connectivity index is 1.38. The minimum absolute atomic E-state index is 0.373. The molecule has 26 heavy (non-hydrogen) atoms. The predicted octanol–water partition coefficient (Wildman–Crippen LogP) is 3.54. The number of piperidine rings is 1. The van der Waals surface area contributed by atoms with E-state index in [2.05, 4.69) is 28.0 Å². The van der Waals surface area contributed by atoms with Crippen LogP contribution in [0.5, 0.6) is 0 Å². The summed E-state index contributed by atoms with van der Waals surface area (Å²) >= 11 is 0. The SMILES string of the molecule is COC[C@H]1CN(Cc2ccco2)CC12CCN(Cc1ccc(C)o1)CC2. The zero-order chi connectivity index (χ0) is 18.0. The Kier molecular flexibility index (Phi) is 5.20.